The van der Waals surface area contributed by atoms with E-state index in [1.54, 1.807) is 0 Å². The summed E-state index contributed by atoms with van der Waals surface area (Å²) in [6.07, 6.45) is 4.86. The number of hydrogen-bond donors (Lipinski definition) is 1. The van der Waals surface area contributed by atoms with Gasteiger partial charge in [0, 0.05) is 6.04 Å². The summed E-state index contributed by atoms with van der Waals surface area (Å²) in [5.41, 5.74) is -0.678. The Labute approximate surface area is 128 Å². The minimum absolute atomic E-state index is 0.0318. The lowest BCUT2D eigenvalue weighted by molar-refractivity contribution is -0.159. The second-order valence-electron chi connectivity index (χ2n) is 6.92. The number of hydrogen-bond acceptors (Lipinski definition) is 2. The number of carbonyl (C=O) groups is 2. The monoisotopic (exact) mass is 294 g/mol. The van der Waals surface area contributed by atoms with Crippen LogP contribution in [-0.4, -0.2) is 34.3 Å². The predicted molar refractivity (Wildman–Crippen MR) is 83.7 cm³/mol. The molecule has 2 amide bonds. The smallest absolute Gasteiger partial charge is 0.249 e. The van der Waals surface area contributed by atoms with Crippen molar-refractivity contribution in [1.82, 2.24) is 10.2 Å². The Balaban J connectivity index is 2.32. The molecule has 4 heteroatoms. The molecule has 4 nitrogen and oxygen atoms in total. The van der Waals surface area contributed by atoms with Gasteiger partial charge in [-0.3, -0.25) is 9.59 Å². The lowest BCUT2D eigenvalue weighted by atomic mass is 9.85. The maximum atomic E-state index is 13.1. The van der Waals surface area contributed by atoms with Crippen molar-refractivity contribution in [1.29, 1.82) is 0 Å². The summed E-state index contributed by atoms with van der Waals surface area (Å²) in [6, 6.07) is -0.179. The van der Waals surface area contributed by atoms with Crippen molar-refractivity contribution in [3.05, 3.63) is 0 Å². The number of rotatable bonds is 6. The SMILES string of the molecule is CCC(CC)C(C)N1C(=O)C(C)(C2CC2)NC(=O)C1CC. The number of nitrogens with zero attached hydrogens (tertiary/aromatic N) is 1. The van der Waals surface area contributed by atoms with Crippen LogP contribution in [0.5, 0.6) is 0 Å². The normalized spacial score (nSPS) is 31.5. The molecule has 2 fully saturated rings. The highest BCUT2D eigenvalue weighted by Crippen LogP contribution is 2.43. The summed E-state index contributed by atoms with van der Waals surface area (Å²) in [4.78, 5) is 27.6. The third-order valence-corrected chi connectivity index (χ3v) is 5.65. The first kappa shape index (κ1) is 16.3. The Morgan fingerprint density at radius 3 is 2.24 bits per heavy atom. The highest BCUT2D eigenvalue weighted by Gasteiger charge is 2.56. The second-order valence-corrected chi connectivity index (χ2v) is 6.92. The lowest BCUT2D eigenvalue weighted by Gasteiger charge is -2.48. The molecular weight excluding hydrogens is 264 g/mol. The fourth-order valence-electron chi connectivity index (χ4n) is 3.92. The molecule has 3 atom stereocenters. The molecule has 3 unspecified atom stereocenters. The molecule has 1 saturated heterocycles. The van der Waals surface area contributed by atoms with Crippen LogP contribution in [0.15, 0.2) is 0 Å². The van der Waals surface area contributed by atoms with Crippen molar-refractivity contribution in [2.75, 3.05) is 0 Å². The highest BCUT2D eigenvalue weighted by molar-refractivity contribution is 6.00. The minimum atomic E-state index is -0.678. The van der Waals surface area contributed by atoms with Gasteiger partial charge in [-0.2, -0.15) is 0 Å². The Hall–Kier alpha value is -1.06. The topological polar surface area (TPSA) is 49.4 Å². The van der Waals surface area contributed by atoms with Crippen molar-refractivity contribution in [3.8, 4) is 0 Å². The van der Waals surface area contributed by atoms with Crippen LogP contribution in [0.1, 0.15) is 66.7 Å². The van der Waals surface area contributed by atoms with E-state index in [9.17, 15) is 9.59 Å². The molecule has 0 bridgehead atoms. The molecule has 2 rings (SSSR count). The average molecular weight is 294 g/mol. The maximum absolute atomic E-state index is 13.1. The van der Waals surface area contributed by atoms with Gasteiger partial charge >= 0.3 is 0 Å². The Bertz CT molecular complexity index is 415. The van der Waals surface area contributed by atoms with Crippen LogP contribution < -0.4 is 5.32 Å². The first-order valence-electron chi connectivity index (χ1n) is 8.55. The maximum Gasteiger partial charge on any atom is 0.249 e. The first-order chi connectivity index (χ1) is 9.90. The molecule has 0 aromatic carbocycles. The molecule has 1 aliphatic heterocycles. The summed E-state index contributed by atoms with van der Waals surface area (Å²) in [7, 11) is 0. The van der Waals surface area contributed by atoms with Gasteiger partial charge in [0.15, 0.2) is 0 Å². The lowest BCUT2D eigenvalue weighted by Crippen LogP contribution is -2.72. The summed E-state index contributed by atoms with van der Waals surface area (Å²) < 4.78 is 0. The highest BCUT2D eigenvalue weighted by atomic mass is 16.2. The van der Waals surface area contributed by atoms with E-state index in [2.05, 4.69) is 26.1 Å². The van der Waals surface area contributed by atoms with Crippen molar-refractivity contribution in [2.45, 2.75) is 84.3 Å². The van der Waals surface area contributed by atoms with Gasteiger partial charge in [-0.1, -0.05) is 33.6 Å². The third kappa shape index (κ3) is 2.69. The molecule has 21 heavy (non-hydrogen) atoms. The Morgan fingerprint density at radius 1 is 1.24 bits per heavy atom. The van der Waals surface area contributed by atoms with Crippen LogP contribution in [-0.2, 0) is 9.59 Å². The van der Waals surface area contributed by atoms with Crippen LogP contribution in [0, 0.1) is 11.8 Å². The quantitative estimate of drug-likeness (QED) is 0.819. The molecule has 1 N–H and O–H groups in total. The largest absolute Gasteiger partial charge is 0.340 e. The molecule has 120 valence electrons. The minimum Gasteiger partial charge on any atom is -0.340 e. The van der Waals surface area contributed by atoms with Gasteiger partial charge in [0.1, 0.15) is 11.6 Å². The van der Waals surface area contributed by atoms with Crippen LogP contribution in [0.4, 0.5) is 0 Å². The van der Waals surface area contributed by atoms with E-state index in [4.69, 9.17) is 0 Å². The third-order valence-electron chi connectivity index (χ3n) is 5.65. The van der Waals surface area contributed by atoms with Crippen LogP contribution in [0.2, 0.25) is 0 Å². The van der Waals surface area contributed by atoms with E-state index in [1.165, 1.54) is 0 Å². The molecule has 0 aromatic heterocycles. The summed E-state index contributed by atoms with van der Waals surface area (Å²) in [5, 5.41) is 3.04. The standard InChI is InChI=1S/C17H30N2O2/c1-6-12(7-2)11(4)19-14(8-3)15(20)18-17(5,16(19)21)13-9-10-13/h11-14H,6-10H2,1-5H3,(H,18,20). The zero-order valence-corrected chi connectivity index (χ0v) is 14.1. The Morgan fingerprint density at radius 2 is 1.81 bits per heavy atom. The van der Waals surface area contributed by atoms with Crippen molar-refractivity contribution >= 4 is 11.8 Å². The van der Waals surface area contributed by atoms with E-state index in [0.29, 0.717) is 18.3 Å². The zero-order chi connectivity index (χ0) is 15.8. The van der Waals surface area contributed by atoms with Crippen LogP contribution in [0.3, 0.4) is 0 Å². The summed E-state index contributed by atoms with van der Waals surface area (Å²) >= 11 is 0. The fourth-order valence-corrected chi connectivity index (χ4v) is 3.92. The van der Waals surface area contributed by atoms with E-state index in [0.717, 1.165) is 25.7 Å². The van der Waals surface area contributed by atoms with Gasteiger partial charge in [-0.25, -0.2) is 0 Å². The number of carbonyl (C=O) groups excluding carboxylic acids is 2. The number of nitrogens with one attached hydrogen (secondary N) is 1. The number of piperazine rings is 1. The van der Waals surface area contributed by atoms with Gasteiger partial charge in [-0.15, -0.1) is 0 Å². The molecular formula is C17H30N2O2. The van der Waals surface area contributed by atoms with Crippen molar-refractivity contribution in [3.63, 3.8) is 0 Å². The van der Waals surface area contributed by atoms with E-state index >= 15 is 0 Å². The van der Waals surface area contributed by atoms with Gasteiger partial charge in [0.2, 0.25) is 11.8 Å². The van der Waals surface area contributed by atoms with Crippen LogP contribution in [0.25, 0.3) is 0 Å². The van der Waals surface area contributed by atoms with E-state index in [-0.39, 0.29) is 23.9 Å². The van der Waals surface area contributed by atoms with Gasteiger partial charge in [0.25, 0.3) is 0 Å². The van der Waals surface area contributed by atoms with Gasteiger partial charge < -0.3 is 10.2 Å². The van der Waals surface area contributed by atoms with Gasteiger partial charge in [-0.05, 0) is 44.9 Å². The zero-order valence-electron chi connectivity index (χ0n) is 14.1. The average Bonchev–Trinajstić information content (AvgIpc) is 3.28. The van der Waals surface area contributed by atoms with Gasteiger partial charge in [0.05, 0.1) is 0 Å². The second kappa shape index (κ2) is 5.98. The molecule has 1 saturated carbocycles. The van der Waals surface area contributed by atoms with Crippen molar-refractivity contribution in [2.24, 2.45) is 11.8 Å². The van der Waals surface area contributed by atoms with E-state index in [1.807, 2.05) is 18.7 Å². The van der Waals surface area contributed by atoms with Crippen LogP contribution >= 0.6 is 0 Å². The van der Waals surface area contributed by atoms with E-state index < -0.39 is 5.54 Å². The summed E-state index contributed by atoms with van der Waals surface area (Å²) in [5.74, 6) is 0.945. The predicted octanol–water partition coefficient (Wildman–Crippen LogP) is 2.72. The first-order valence-corrected chi connectivity index (χ1v) is 8.55. The molecule has 1 heterocycles. The van der Waals surface area contributed by atoms with Crippen molar-refractivity contribution < 1.29 is 9.59 Å². The summed E-state index contributed by atoms with van der Waals surface area (Å²) in [6.45, 7) is 10.4. The molecule has 0 aromatic rings. The molecule has 2 aliphatic rings. The molecule has 1 aliphatic carbocycles. The Kier molecular flexibility index (Phi) is 4.64. The fraction of sp³-hybridized carbons (Fsp3) is 0.882. The molecule has 0 radical (unpaired) electrons. The molecule has 0 spiro atoms. The number of amides is 2.